The minimum Gasteiger partial charge on any atom is -0.481 e. The van der Waals surface area contributed by atoms with Crippen molar-refractivity contribution in [3.05, 3.63) is 59.7 Å². The highest BCUT2D eigenvalue weighted by Crippen LogP contribution is 2.44. The Morgan fingerprint density at radius 3 is 2.16 bits per heavy atom. The summed E-state index contributed by atoms with van der Waals surface area (Å²) in [7, 11) is 1.58. The summed E-state index contributed by atoms with van der Waals surface area (Å²) in [6.45, 7) is 4.41. The summed E-state index contributed by atoms with van der Waals surface area (Å²) in [5, 5.41) is 11.5. The van der Waals surface area contributed by atoms with Gasteiger partial charge in [-0.1, -0.05) is 62.4 Å². The number of carboxylic acid groups (broad SMARTS) is 1. The standard InChI is InChI=1S/C25H30N2O5/c1-25(2,14-22(28)27(3)13-12-23(29)30)16-26-24(31)32-15-21-19-10-6-4-8-17(19)18-9-5-7-11-20(18)21/h4-11,21H,12-16H2,1-3H3,(H,26,31)(H,29,30). The minimum absolute atomic E-state index is 0.00868. The van der Waals surface area contributed by atoms with E-state index in [1.54, 1.807) is 7.05 Å². The van der Waals surface area contributed by atoms with Crippen LogP contribution in [0, 0.1) is 5.41 Å². The van der Waals surface area contributed by atoms with Crippen molar-refractivity contribution in [1.82, 2.24) is 10.2 Å². The summed E-state index contributed by atoms with van der Waals surface area (Å²) in [5.41, 5.74) is 4.14. The van der Waals surface area contributed by atoms with Crippen LogP contribution in [0.2, 0.25) is 0 Å². The minimum atomic E-state index is -0.944. The zero-order chi connectivity index (χ0) is 23.3. The first-order valence-corrected chi connectivity index (χ1v) is 10.7. The molecule has 0 spiro atoms. The Balaban J connectivity index is 1.51. The molecule has 0 bridgehead atoms. The number of alkyl carbamates (subject to hydrolysis) is 1. The zero-order valence-corrected chi connectivity index (χ0v) is 18.8. The first kappa shape index (κ1) is 23.3. The molecule has 0 aromatic heterocycles. The summed E-state index contributed by atoms with van der Waals surface area (Å²) in [6, 6.07) is 16.3. The van der Waals surface area contributed by atoms with Crippen LogP contribution in [0.1, 0.15) is 43.7 Å². The summed E-state index contributed by atoms with van der Waals surface area (Å²) >= 11 is 0. The van der Waals surface area contributed by atoms with Gasteiger partial charge in [-0.25, -0.2) is 4.79 Å². The third-order valence-electron chi connectivity index (χ3n) is 5.77. The van der Waals surface area contributed by atoms with Crippen LogP contribution in [0.25, 0.3) is 11.1 Å². The fraction of sp³-hybridized carbons (Fsp3) is 0.400. The first-order chi connectivity index (χ1) is 15.2. The fourth-order valence-corrected chi connectivity index (χ4v) is 3.96. The van der Waals surface area contributed by atoms with Crippen molar-refractivity contribution in [2.75, 3.05) is 26.7 Å². The Morgan fingerprint density at radius 1 is 1.03 bits per heavy atom. The third kappa shape index (κ3) is 5.66. The van der Waals surface area contributed by atoms with Gasteiger partial charge >= 0.3 is 12.1 Å². The Morgan fingerprint density at radius 2 is 1.59 bits per heavy atom. The summed E-state index contributed by atoms with van der Waals surface area (Å²) in [4.78, 5) is 36.8. The van der Waals surface area contributed by atoms with Crippen molar-refractivity contribution in [1.29, 1.82) is 0 Å². The quantitative estimate of drug-likeness (QED) is 0.620. The number of ether oxygens (including phenoxy) is 1. The molecular formula is C25H30N2O5. The normalized spacial score (nSPS) is 12.6. The van der Waals surface area contributed by atoms with Crippen molar-refractivity contribution in [3.8, 4) is 11.1 Å². The number of carbonyl (C=O) groups is 3. The molecule has 2 aromatic carbocycles. The van der Waals surface area contributed by atoms with Crippen LogP contribution in [0.4, 0.5) is 4.79 Å². The second-order valence-corrected chi connectivity index (χ2v) is 8.98. The number of fused-ring (bicyclic) bond motifs is 3. The maximum Gasteiger partial charge on any atom is 0.407 e. The van der Waals surface area contributed by atoms with Crippen molar-refractivity contribution < 1.29 is 24.2 Å². The van der Waals surface area contributed by atoms with Crippen LogP contribution < -0.4 is 5.32 Å². The van der Waals surface area contributed by atoms with Gasteiger partial charge in [0.2, 0.25) is 5.91 Å². The summed E-state index contributed by atoms with van der Waals surface area (Å²) < 4.78 is 5.54. The number of hydrogen-bond donors (Lipinski definition) is 2. The van der Waals surface area contributed by atoms with Crippen LogP contribution in [-0.2, 0) is 14.3 Å². The van der Waals surface area contributed by atoms with E-state index in [9.17, 15) is 14.4 Å². The molecule has 0 unspecified atom stereocenters. The molecule has 0 fully saturated rings. The maximum atomic E-state index is 12.4. The Bertz CT molecular complexity index is 956. The monoisotopic (exact) mass is 438 g/mol. The van der Waals surface area contributed by atoms with Crippen LogP contribution >= 0.6 is 0 Å². The van der Waals surface area contributed by atoms with E-state index in [2.05, 4.69) is 29.6 Å². The van der Waals surface area contributed by atoms with Crippen molar-refractivity contribution in [2.45, 2.75) is 32.6 Å². The van der Waals surface area contributed by atoms with E-state index in [4.69, 9.17) is 9.84 Å². The average Bonchev–Trinajstić information content (AvgIpc) is 3.08. The molecule has 0 aliphatic heterocycles. The predicted molar refractivity (Wildman–Crippen MR) is 121 cm³/mol. The largest absolute Gasteiger partial charge is 0.481 e. The van der Waals surface area contributed by atoms with Gasteiger partial charge in [-0.3, -0.25) is 9.59 Å². The molecule has 2 aromatic rings. The highest BCUT2D eigenvalue weighted by atomic mass is 16.5. The van der Waals surface area contributed by atoms with Gasteiger partial charge in [0.1, 0.15) is 6.61 Å². The van der Waals surface area contributed by atoms with Gasteiger partial charge in [0.05, 0.1) is 6.42 Å². The van der Waals surface area contributed by atoms with Crippen molar-refractivity contribution in [3.63, 3.8) is 0 Å². The van der Waals surface area contributed by atoms with E-state index >= 15 is 0 Å². The lowest BCUT2D eigenvalue weighted by Gasteiger charge is -2.27. The van der Waals surface area contributed by atoms with Gasteiger partial charge < -0.3 is 20.1 Å². The van der Waals surface area contributed by atoms with E-state index < -0.39 is 17.5 Å². The molecule has 32 heavy (non-hydrogen) atoms. The third-order valence-corrected chi connectivity index (χ3v) is 5.77. The molecular weight excluding hydrogens is 408 g/mol. The predicted octanol–water partition coefficient (Wildman–Crippen LogP) is 3.87. The van der Waals surface area contributed by atoms with Gasteiger partial charge in [-0.2, -0.15) is 0 Å². The highest BCUT2D eigenvalue weighted by molar-refractivity contribution is 5.79. The number of carboxylic acids is 1. The van der Waals surface area contributed by atoms with Gasteiger partial charge in [-0.15, -0.1) is 0 Å². The second-order valence-electron chi connectivity index (χ2n) is 8.98. The number of nitrogens with one attached hydrogen (secondary N) is 1. The molecule has 1 aliphatic carbocycles. The molecule has 2 N–H and O–H groups in total. The molecule has 170 valence electrons. The lowest BCUT2D eigenvalue weighted by Crippen LogP contribution is -2.39. The topological polar surface area (TPSA) is 95.9 Å². The smallest absolute Gasteiger partial charge is 0.407 e. The second kappa shape index (κ2) is 9.85. The number of amides is 2. The molecule has 2 amide bonds. The number of hydrogen-bond acceptors (Lipinski definition) is 4. The van der Waals surface area contributed by atoms with E-state index in [0.717, 1.165) is 11.1 Å². The molecule has 1 aliphatic rings. The van der Waals surface area contributed by atoms with Crippen molar-refractivity contribution in [2.24, 2.45) is 5.41 Å². The average molecular weight is 439 g/mol. The zero-order valence-electron chi connectivity index (χ0n) is 18.8. The summed E-state index contributed by atoms with van der Waals surface area (Å²) in [6.07, 6.45) is -0.431. The van der Waals surface area contributed by atoms with E-state index in [1.807, 2.05) is 38.1 Å². The number of aliphatic carboxylic acids is 1. The molecule has 3 rings (SSSR count). The Kier molecular flexibility index (Phi) is 7.18. The Hall–Kier alpha value is -3.35. The molecule has 0 radical (unpaired) electrons. The Labute approximate surface area is 188 Å². The number of nitrogens with zero attached hydrogens (tertiary/aromatic N) is 1. The maximum absolute atomic E-state index is 12.4. The van der Waals surface area contributed by atoms with E-state index in [-0.39, 0.29) is 44.4 Å². The number of carbonyl (C=O) groups excluding carboxylic acids is 2. The van der Waals surface area contributed by atoms with Crippen LogP contribution in [0.15, 0.2) is 48.5 Å². The number of rotatable bonds is 9. The molecule has 0 saturated carbocycles. The lowest BCUT2D eigenvalue weighted by atomic mass is 9.88. The van der Waals surface area contributed by atoms with Gasteiger partial charge in [0.15, 0.2) is 0 Å². The molecule has 7 heteroatoms. The molecule has 0 saturated heterocycles. The molecule has 0 atom stereocenters. The van der Waals surface area contributed by atoms with Gasteiger partial charge in [0, 0.05) is 32.5 Å². The van der Waals surface area contributed by atoms with Gasteiger partial charge in [0.25, 0.3) is 0 Å². The fourth-order valence-electron chi connectivity index (χ4n) is 3.96. The highest BCUT2D eigenvalue weighted by Gasteiger charge is 2.29. The van der Waals surface area contributed by atoms with Gasteiger partial charge in [-0.05, 0) is 27.7 Å². The molecule has 0 heterocycles. The van der Waals surface area contributed by atoms with Crippen molar-refractivity contribution >= 4 is 18.0 Å². The lowest BCUT2D eigenvalue weighted by molar-refractivity contribution is -0.138. The van der Waals surface area contributed by atoms with Crippen LogP contribution in [0.3, 0.4) is 0 Å². The SMILES string of the molecule is CN(CCC(=O)O)C(=O)CC(C)(C)CNC(=O)OCC1c2ccccc2-c2ccccc21. The van der Waals surface area contributed by atoms with Crippen LogP contribution in [0.5, 0.6) is 0 Å². The van der Waals surface area contributed by atoms with E-state index in [0.29, 0.717) is 0 Å². The number of benzene rings is 2. The van der Waals surface area contributed by atoms with Crippen LogP contribution in [-0.4, -0.2) is 54.7 Å². The first-order valence-electron chi connectivity index (χ1n) is 10.7. The molecule has 7 nitrogen and oxygen atoms in total. The van der Waals surface area contributed by atoms with E-state index in [1.165, 1.54) is 16.0 Å². The summed E-state index contributed by atoms with van der Waals surface area (Å²) in [5.74, 6) is -1.11.